The van der Waals surface area contributed by atoms with Crippen LogP contribution < -0.4 is 5.32 Å². The molecule has 0 bridgehead atoms. The van der Waals surface area contributed by atoms with Crippen molar-refractivity contribution in [3.05, 3.63) is 16.5 Å². The van der Waals surface area contributed by atoms with E-state index in [0.717, 1.165) is 5.56 Å². The quantitative estimate of drug-likeness (QED) is 0.774. The SMILES string of the molecule is CCOC(=O)c1c(CC(C)C)csc1NC(=O)C1CCS(=O)(=O)C1. The number of amides is 1. The van der Waals surface area contributed by atoms with Crippen molar-refractivity contribution >= 4 is 38.1 Å². The van der Waals surface area contributed by atoms with Gasteiger partial charge in [0.15, 0.2) is 9.84 Å². The van der Waals surface area contributed by atoms with Gasteiger partial charge in [-0.25, -0.2) is 13.2 Å². The zero-order valence-electron chi connectivity index (χ0n) is 14.1. The number of carbonyl (C=O) groups is 2. The van der Waals surface area contributed by atoms with Gasteiger partial charge in [-0.2, -0.15) is 0 Å². The number of anilines is 1. The van der Waals surface area contributed by atoms with E-state index in [0.29, 0.717) is 29.3 Å². The Balaban J connectivity index is 2.21. The fourth-order valence-corrected chi connectivity index (χ4v) is 5.43. The Hall–Kier alpha value is -1.41. The summed E-state index contributed by atoms with van der Waals surface area (Å²) in [5.41, 5.74) is 1.24. The zero-order chi connectivity index (χ0) is 17.9. The Labute approximate surface area is 146 Å². The molecular weight excluding hydrogens is 350 g/mol. The van der Waals surface area contributed by atoms with Gasteiger partial charge in [-0.1, -0.05) is 13.8 Å². The molecule has 1 aromatic heterocycles. The minimum atomic E-state index is -3.13. The van der Waals surface area contributed by atoms with Crippen LogP contribution >= 0.6 is 11.3 Å². The number of ether oxygens (including phenoxy) is 1. The summed E-state index contributed by atoms with van der Waals surface area (Å²) in [5.74, 6) is -1.09. The Morgan fingerprint density at radius 2 is 2.12 bits per heavy atom. The van der Waals surface area contributed by atoms with E-state index in [1.807, 2.05) is 19.2 Å². The van der Waals surface area contributed by atoms with Gasteiger partial charge in [0.05, 0.1) is 29.6 Å². The lowest BCUT2D eigenvalue weighted by Gasteiger charge is -2.11. The molecule has 6 nitrogen and oxygen atoms in total. The molecule has 1 aliphatic heterocycles. The van der Waals surface area contributed by atoms with Crippen molar-refractivity contribution in [1.82, 2.24) is 0 Å². The summed E-state index contributed by atoms with van der Waals surface area (Å²) in [7, 11) is -3.13. The highest BCUT2D eigenvalue weighted by Crippen LogP contribution is 2.32. The van der Waals surface area contributed by atoms with Crippen LogP contribution in [0.4, 0.5) is 5.00 Å². The molecule has 1 amide bonds. The standard InChI is InChI=1S/C16H23NO5S2/c1-4-22-16(19)13-12(7-10(2)3)8-23-15(13)17-14(18)11-5-6-24(20,21)9-11/h8,10-11H,4-7,9H2,1-3H3,(H,17,18). The molecule has 0 aliphatic carbocycles. The molecule has 24 heavy (non-hydrogen) atoms. The van der Waals surface area contributed by atoms with Gasteiger partial charge in [0.1, 0.15) is 5.00 Å². The number of rotatable bonds is 6. The second-order valence-corrected chi connectivity index (χ2v) is 9.48. The van der Waals surface area contributed by atoms with Crippen molar-refractivity contribution < 1.29 is 22.7 Å². The minimum Gasteiger partial charge on any atom is -0.462 e. The molecule has 1 aliphatic rings. The average molecular weight is 373 g/mol. The molecule has 0 aromatic carbocycles. The lowest BCUT2D eigenvalue weighted by molar-refractivity contribution is -0.119. The van der Waals surface area contributed by atoms with Gasteiger partial charge < -0.3 is 10.1 Å². The van der Waals surface area contributed by atoms with Crippen molar-refractivity contribution in [2.75, 3.05) is 23.4 Å². The van der Waals surface area contributed by atoms with Crippen molar-refractivity contribution in [1.29, 1.82) is 0 Å². The molecule has 0 saturated carbocycles. The summed E-state index contributed by atoms with van der Waals surface area (Å²) in [5, 5.41) is 5.03. The first-order valence-corrected chi connectivity index (χ1v) is 10.7. The third-order valence-corrected chi connectivity index (χ3v) is 6.53. The minimum absolute atomic E-state index is 0.0405. The van der Waals surface area contributed by atoms with Crippen molar-refractivity contribution in [3.8, 4) is 0 Å². The molecule has 1 aromatic rings. The highest BCUT2D eigenvalue weighted by Gasteiger charge is 2.34. The van der Waals surface area contributed by atoms with E-state index in [1.165, 1.54) is 11.3 Å². The van der Waals surface area contributed by atoms with E-state index in [1.54, 1.807) is 6.92 Å². The molecule has 1 N–H and O–H groups in total. The number of esters is 1. The fraction of sp³-hybridized carbons (Fsp3) is 0.625. The summed E-state index contributed by atoms with van der Waals surface area (Å²) in [6.07, 6.45) is 1.03. The summed E-state index contributed by atoms with van der Waals surface area (Å²) >= 11 is 1.28. The van der Waals surface area contributed by atoms with Crippen molar-refractivity contribution in [2.45, 2.75) is 33.6 Å². The Bertz CT molecular complexity index is 721. The number of sulfone groups is 1. The Morgan fingerprint density at radius 1 is 1.42 bits per heavy atom. The van der Waals surface area contributed by atoms with Crippen LogP contribution in [0.1, 0.15) is 43.1 Å². The monoisotopic (exact) mass is 373 g/mol. The molecule has 0 radical (unpaired) electrons. The third-order valence-electron chi connectivity index (χ3n) is 3.81. The lowest BCUT2D eigenvalue weighted by Crippen LogP contribution is -2.24. The number of hydrogen-bond acceptors (Lipinski definition) is 6. The smallest absolute Gasteiger partial charge is 0.341 e. The predicted molar refractivity (Wildman–Crippen MR) is 94.2 cm³/mol. The number of carbonyl (C=O) groups excluding carboxylic acids is 2. The van der Waals surface area contributed by atoms with Crippen LogP contribution in [-0.2, 0) is 25.8 Å². The summed E-state index contributed by atoms with van der Waals surface area (Å²) in [4.78, 5) is 24.6. The topological polar surface area (TPSA) is 89.5 Å². The molecule has 2 heterocycles. The average Bonchev–Trinajstić information content (AvgIpc) is 3.02. The summed E-state index contributed by atoms with van der Waals surface area (Å²) in [6.45, 7) is 6.08. The Morgan fingerprint density at radius 3 is 2.67 bits per heavy atom. The van der Waals surface area contributed by atoms with Crippen LogP contribution in [0.3, 0.4) is 0 Å². The highest BCUT2D eigenvalue weighted by molar-refractivity contribution is 7.91. The van der Waals surface area contributed by atoms with Crippen LogP contribution in [0.25, 0.3) is 0 Å². The number of nitrogens with one attached hydrogen (secondary N) is 1. The molecule has 2 rings (SSSR count). The number of thiophene rings is 1. The Kier molecular flexibility index (Phi) is 6.03. The highest BCUT2D eigenvalue weighted by atomic mass is 32.2. The van der Waals surface area contributed by atoms with Crippen molar-refractivity contribution in [2.24, 2.45) is 11.8 Å². The number of hydrogen-bond donors (Lipinski definition) is 1. The van der Waals surface area contributed by atoms with Gasteiger partial charge in [-0.05, 0) is 36.6 Å². The molecule has 1 atom stereocenters. The molecule has 134 valence electrons. The first-order valence-electron chi connectivity index (χ1n) is 8.02. The van der Waals surface area contributed by atoms with E-state index in [9.17, 15) is 18.0 Å². The summed E-state index contributed by atoms with van der Waals surface area (Å²) < 4.78 is 28.2. The first-order chi connectivity index (χ1) is 11.2. The van der Waals surface area contributed by atoms with E-state index in [2.05, 4.69) is 5.32 Å². The van der Waals surface area contributed by atoms with Crippen LogP contribution in [0.15, 0.2) is 5.38 Å². The molecule has 1 unspecified atom stereocenters. The zero-order valence-corrected chi connectivity index (χ0v) is 15.8. The molecule has 1 saturated heterocycles. The summed E-state index contributed by atoms with van der Waals surface area (Å²) in [6, 6.07) is 0. The largest absolute Gasteiger partial charge is 0.462 e. The van der Waals surface area contributed by atoms with E-state index in [4.69, 9.17) is 4.74 Å². The first kappa shape index (κ1) is 18.9. The van der Waals surface area contributed by atoms with Gasteiger partial charge in [-0.15, -0.1) is 11.3 Å². The lowest BCUT2D eigenvalue weighted by atomic mass is 10.0. The third kappa shape index (κ3) is 4.57. The molecule has 8 heteroatoms. The maximum atomic E-state index is 12.3. The van der Waals surface area contributed by atoms with Gasteiger partial charge >= 0.3 is 5.97 Å². The van der Waals surface area contributed by atoms with Crippen LogP contribution in [-0.4, -0.2) is 38.4 Å². The van der Waals surface area contributed by atoms with E-state index < -0.39 is 21.7 Å². The van der Waals surface area contributed by atoms with Crippen LogP contribution in [0.5, 0.6) is 0 Å². The molecule has 0 spiro atoms. The fourth-order valence-electron chi connectivity index (χ4n) is 2.72. The van der Waals surface area contributed by atoms with Crippen molar-refractivity contribution in [3.63, 3.8) is 0 Å². The van der Waals surface area contributed by atoms with Gasteiger partial charge in [0.25, 0.3) is 0 Å². The predicted octanol–water partition coefficient (Wildman–Crippen LogP) is 2.50. The van der Waals surface area contributed by atoms with Gasteiger partial charge in [0.2, 0.25) is 5.91 Å². The van der Waals surface area contributed by atoms with Gasteiger partial charge in [0, 0.05) is 0 Å². The van der Waals surface area contributed by atoms with Crippen LogP contribution in [0, 0.1) is 11.8 Å². The maximum Gasteiger partial charge on any atom is 0.341 e. The molecular formula is C16H23NO5S2. The molecule has 1 fully saturated rings. The normalized spacial score (nSPS) is 19.4. The van der Waals surface area contributed by atoms with E-state index in [-0.39, 0.29) is 24.0 Å². The van der Waals surface area contributed by atoms with E-state index >= 15 is 0 Å². The maximum absolute atomic E-state index is 12.3. The van der Waals surface area contributed by atoms with Gasteiger partial charge in [-0.3, -0.25) is 4.79 Å². The second-order valence-electron chi connectivity index (χ2n) is 6.37. The van der Waals surface area contributed by atoms with Crippen LogP contribution in [0.2, 0.25) is 0 Å². The second kappa shape index (κ2) is 7.65.